The summed E-state index contributed by atoms with van der Waals surface area (Å²) in [4.78, 5) is 115. The van der Waals surface area contributed by atoms with Crippen molar-refractivity contribution in [3.63, 3.8) is 0 Å². The van der Waals surface area contributed by atoms with E-state index in [1.165, 1.54) is 36.5 Å². The number of aliphatic hydroxyl groups excluding tert-OH is 6. The van der Waals surface area contributed by atoms with Crippen molar-refractivity contribution in [1.29, 1.82) is 0 Å². The number of unbranched alkanes of at least 4 members (excludes halogenated alkanes) is 3. The second-order valence-corrected chi connectivity index (χ2v) is 23.1. The number of nitrogens with two attached hydrogens (primary N) is 1. The van der Waals surface area contributed by atoms with Gasteiger partial charge in [-0.25, -0.2) is 0 Å². The quantitative estimate of drug-likeness (QED) is 0.0122. The number of carbonyl (C=O) groups excluding carboxylic acids is 8. The molecule has 89 heavy (non-hydrogen) atoms. The van der Waals surface area contributed by atoms with Crippen molar-refractivity contribution < 1.29 is 127 Å². The summed E-state index contributed by atoms with van der Waals surface area (Å²) in [6.45, 7) is 3.59. The van der Waals surface area contributed by atoms with Crippen LogP contribution in [0.5, 0.6) is 17.2 Å². The summed E-state index contributed by atoms with van der Waals surface area (Å²) >= 11 is 1.28. The van der Waals surface area contributed by atoms with E-state index >= 15 is 0 Å². The van der Waals surface area contributed by atoms with Crippen LogP contribution in [0.3, 0.4) is 0 Å². The average Bonchev–Trinajstić information content (AvgIpc) is 3.18. The second-order valence-electron chi connectivity index (χ2n) is 21.7. The molecule has 33 heteroatoms. The average molecular weight is 1290 g/mol. The largest absolute Gasteiger partial charge is 1.00 e. The number of phenolic OH excluding ortho intramolecular Hbond substituents is 1. The molecule has 0 spiro atoms. The number of aliphatic hydroxyl groups is 6. The number of fused-ring (bicyclic) bond motifs is 2. The van der Waals surface area contributed by atoms with Crippen LogP contribution < -0.4 is 76.1 Å². The molecule has 4 aromatic rings. The first kappa shape index (κ1) is 71.4. The molecule has 30 nitrogen and oxygen atoms in total. The molecule has 3 aliphatic heterocycles. The number of carbonyl (C=O) groups is 8. The maximum atomic E-state index is 14.7. The second kappa shape index (κ2) is 33.4. The van der Waals surface area contributed by atoms with Crippen LogP contribution in [0.25, 0.3) is 21.1 Å². The van der Waals surface area contributed by atoms with Crippen LogP contribution in [-0.2, 0) is 49.4 Å². The van der Waals surface area contributed by atoms with Crippen molar-refractivity contribution in [1.82, 2.24) is 46.6 Å². The van der Waals surface area contributed by atoms with Crippen LogP contribution in [-0.4, -0.2) is 202 Å². The summed E-state index contributed by atoms with van der Waals surface area (Å²) in [6, 6.07) is 5.24. The minimum Gasteiger partial charge on any atom is -0.691 e. The molecule has 12 unspecified atom stereocenters. The van der Waals surface area contributed by atoms with Crippen LogP contribution in [0.15, 0.2) is 66.7 Å². The van der Waals surface area contributed by atoms with Crippen molar-refractivity contribution in [2.24, 2.45) is 11.7 Å². The van der Waals surface area contributed by atoms with Gasteiger partial charge in [-0.05, 0) is 67.4 Å². The van der Waals surface area contributed by atoms with Crippen LogP contribution in [0.4, 0.5) is 0 Å². The number of aromatic nitrogens is 2. The van der Waals surface area contributed by atoms with E-state index in [0.29, 0.717) is 22.2 Å². The van der Waals surface area contributed by atoms with E-state index in [4.69, 9.17) is 14.7 Å². The first-order chi connectivity index (χ1) is 42.0. The van der Waals surface area contributed by atoms with Gasteiger partial charge < -0.3 is 92.0 Å². The number of β-amino-alcohol motifs (C(OH)–C–C–N with tert-alkyl or cyclic N) is 1. The maximum Gasteiger partial charge on any atom is 1.00 e. The van der Waals surface area contributed by atoms with Gasteiger partial charge in [0.1, 0.15) is 52.0 Å². The summed E-state index contributed by atoms with van der Waals surface area (Å²) < 4.78 is 15.0. The zero-order chi connectivity index (χ0) is 63.9. The van der Waals surface area contributed by atoms with Gasteiger partial charge in [0.2, 0.25) is 41.4 Å². The first-order valence-corrected chi connectivity index (χ1v) is 29.7. The van der Waals surface area contributed by atoms with Gasteiger partial charge in [0, 0.05) is 61.5 Å². The molecule has 14 N–H and O–H groups in total. The van der Waals surface area contributed by atoms with Gasteiger partial charge in [0.05, 0.1) is 49.7 Å². The van der Waals surface area contributed by atoms with Crippen molar-refractivity contribution in [2.45, 2.75) is 145 Å². The van der Waals surface area contributed by atoms with Gasteiger partial charge in [0.15, 0.2) is 11.5 Å². The standard InChI is InChI=1S/C56H72N10O20S2.Na/c1-4-5-6-7-18-83-35-15-13-32(14-16-35)54-64-63-53(87-54)31-11-9-30(10-12-31)48(75)59-36-21-33(68)24-58-52(79)46-47(74)27(2)25-66(46)56(81)45(40(72)23-42(57)73)62-51(78)44(39(71)19-29-8-17-38(70)41(20-29)84-88-86-85-82)61-50(77)37-22-34(69)26-65(37)55(80)43(28(3)67)60-49(36)76;/h8-17,20,27-28,33-34,36-37,39-40,43-47,67-72,74,82H,4-7,18-19,21-26H2,1-3H3,(H2,57,73)(H,58,79)(H,59,75)(H,60,76)(H,61,77)(H,62,78);/q;+1/p-1/t27?,28?,33?,34?,36-,37?,39?,40?,43?,44?,45?,46?,47?;/m0./s1. The smallest absolute Gasteiger partial charge is 0.691 e. The zero-order valence-corrected chi connectivity index (χ0v) is 52.6. The molecule has 3 aliphatic rings. The van der Waals surface area contributed by atoms with Crippen LogP contribution in [0, 0.1) is 5.92 Å². The fourth-order valence-corrected chi connectivity index (χ4v) is 11.4. The van der Waals surface area contributed by atoms with Gasteiger partial charge in [-0.2, -0.15) is 0 Å². The molecule has 1 aromatic heterocycles. The summed E-state index contributed by atoms with van der Waals surface area (Å²) in [5.41, 5.74) is 6.85. The number of nitrogens with one attached hydrogen (secondary N) is 5. The molecule has 0 radical (unpaired) electrons. The molecule has 478 valence electrons. The number of benzene rings is 3. The first-order valence-electron chi connectivity index (χ1n) is 28.2. The number of primary amides is 1. The number of hydrogen-bond donors (Lipinski definition) is 13. The molecular weight excluding hydrogens is 1220 g/mol. The molecule has 7 rings (SSSR count). The molecule has 3 aromatic carbocycles. The zero-order valence-electron chi connectivity index (χ0n) is 49.0. The third-order valence-electron chi connectivity index (χ3n) is 15.0. The Balaban J connectivity index is 0.0000126. The molecule has 3 fully saturated rings. The Kier molecular flexibility index (Phi) is 26.8. The number of aromatic hydroxyl groups is 1. The van der Waals surface area contributed by atoms with Crippen molar-refractivity contribution in [3.05, 3.63) is 77.9 Å². The van der Waals surface area contributed by atoms with Gasteiger partial charge in [-0.3, -0.25) is 43.4 Å². The Bertz CT molecular complexity index is 3100. The van der Waals surface area contributed by atoms with Crippen LogP contribution in [0.1, 0.15) is 81.6 Å². The van der Waals surface area contributed by atoms with E-state index in [2.05, 4.69) is 53.1 Å². The number of hydrogen-bond acceptors (Lipinski definition) is 24. The SMILES string of the molecule is CCCCCCOc1ccc(-c2nnc(-c3ccc(C(=O)N[C@H]4CC(O)CNC(=O)C5C(O)C(C)CN5C(=O)C(C(O)CC(N)=O)NC(=O)C(C(O)Cc5ccc(O)c(OSOO[O-])c5)NC(=O)C5CC(O)CN5C(=O)C(C(C)O)NC4=O)cc3)s2)cc1.[Na+]. The van der Waals surface area contributed by atoms with Crippen LogP contribution in [0.2, 0.25) is 0 Å². The minimum atomic E-state index is -2.22. The molecule has 0 saturated carbocycles. The summed E-state index contributed by atoms with van der Waals surface area (Å²) in [5, 5.41) is 114. The predicted octanol–water partition coefficient (Wildman–Crippen LogP) is -5.47. The van der Waals surface area contributed by atoms with Crippen molar-refractivity contribution >= 4 is 70.9 Å². The summed E-state index contributed by atoms with van der Waals surface area (Å²) in [5.74, 6) is -10.4. The van der Waals surface area contributed by atoms with Crippen LogP contribution >= 0.6 is 23.7 Å². The number of amides is 8. The molecule has 4 heterocycles. The fourth-order valence-electron chi connectivity index (χ4n) is 10.3. The van der Waals surface area contributed by atoms with E-state index in [-0.39, 0.29) is 58.8 Å². The Morgan fingerprint density at radius 2 is 1.44 bits per heavy atom. The summed E-state index contributed by atoms with van der Waals surface area (Å²) in [7, 11) is 0. The monoisotopic (exact) mass is 1290 g/mol. The van der Waals surface area contributed by atoms with Gasteiger partial charge in [0.25, 0.3) is 18.2 Å². The third kappa shape index (κ3) is 19.0. The predicted molar refractivity (Wildman–Crippen MR) is 308 cm³/mol. The Morgan fingerprint density at radius 1 is 0.798 bits per heavy atom. The number of ether oxygens (including phenoxy) is 1. The van der Waals surface area contributed by atoms with E-state index in [0.717, 1.165) is 65.9 Å². The van der Waals surface area contributed by atoms with E-state index in [9.17, 15) is 79.4 Å². The number of rotatable bonds is 21. The molecular formula is C56H71N10NaO20S2. The molecule has 0 bridgehead atoms. The van der Waals surface area contributed by atoms with E-state index in [1.807, 2.05) is 24.3 Å². The minimum absolute atomic E-state index is 0. The maximum absolute atomic E-state index is 14.7. The van der Waals surface area contributed by atoms with Gasteiger partial charge in [-0.15, -0.1) is 14.5 Å². The number of phenols is 1. The molecule has 3 saturated heterocycles. The number of nitrogens with zero attached hydrogens (tertiary/aromatic N) is 4. The van der Waals surface area contributed by atoms with Crippen molar-refractivity contribution in [3.8, 4) is 38.4 Å². The third-order valence-corrected chi connectivity index (χ3v) is 16.4. The summed E-state index contributed by atoms with van der Waals surface area (Å²) in [6.07, 6.45) is -9.36. The van der Waals surface area contributed by atoms with Crippen molar-refractivity contribution in [2.75, 3.05) is 26.2 Å². The molecule has 13 atom stereocenters. The van der Waals surface area contributed by atoms with E-state index < -0.39 is 177 Å². The van der Waals surface area contributed by atoms with Gasteiger partial charge in [-0.1, -0.05) is 62.6 Å². The Hall–Kier alpha value is -6.63. The van der Waals surface area contributed by atoms with E-state index in [1.54, 1.807) is 12.1 Å². The van der Waals surface area contributed by atoms with Gasteiger partial charge >= 0.3 is 29.6 Å². The topological polar surface area (TPSA) is 457 Å². The molecule has 8 amide bonds. The fraction of sp³-hybridized carbons (Fsp3) is 0.500. The Morgan fingerprint density at radius 3 is 2.08 bits per heavy atom. The molecule has 0 aliphatic carbocycles. The normalized spacial score (nSPS) is 24.9. The Labute approximate surface area is 540 Å².